The first-order chi connectivity index (χ1) is 9.47. The molecule has 2 rings (SSSR count). The van der Waals surface area contributed by atoms with E-state index in [0.717, 1.165) is 4.31 Å². The van der Waals surface area contributed by atoms with E-state index >= 15 is 0 Å². The molecule has 1 aromatic rings. The maximum Gasteiger partial charge on any atom is 0.240 e. The molecule has 0 fully saturated rings. The summed E-state index contributed by atoms with van der Waals surface area (Å²) in [7, 11) is -2.10. The van der Waals surface area contributed by atoms with Gasteiger partial charge in [-0.15, -0.1) is 0 Å². The minimum atomic E-state index is -3.56. The highest BCUT2D eigenvalue weighted by atomic mass is 32.2. The van der Waals surface area contributed by atoms with Gasteiger partial charge in [0, 0.05) is 13.1 Å². The topological polar surface area (TPSA) is 84.9 Å². The monoisotopic (exact) mass is 300 g/mol. The van der Waals surface area contributed by atoms with Crippen molar-refractivity contribution in [1.29, 1.82) is 0 Å². The summed E-state index contributed by atoms with van der Waals surface area (Å²) in [4.78, 5) is 11.5. The third-order valence-electron chi connectivity index (χ3n) is 2.91. The fourth-order valence-electron chi connectivity index (χ4n) is 1.76. The highest BCUT2D eigenvalue weighted by molar-refractivity contribution is 7.92. The Bertz CT molecular complexity index is 614. The molecular weight excluding hydrogens is 284 g/mol. The number of ether oxygens (including phenoxy) is 2. The summed E-state index contributed by atoms with van der Waals surface area (Å²) in [5.74, 6) is 0.538. The zero-order valence-electron chi connectivity index (χ0n) is 11.3. The molecule has 0 saturated heterocycles. The van der Waals surface area contributed by atoms with Gasteiger partial charge in [0.05, 0.1) is 11.4 Å². The highest BCUT2D eigenvalue weighted by Crippen LogP contribution is 2.36. The van der Waals surface area contributed by atoms with Gasteiger partial charge in [0.1, 0.15) is 6.54 Å². The number of rotatable bonds is 5. The maximum atomic E-state index is 12.1. The lowest BCUT2D eigenvalue weighted by atomic mass is 10.3. The lowest BCUT2D eigenvalue weighted by molar-refractivity contribution is -0.119. The summed E-state index contributed by atoms with van der Waals surface area (Å²) in [6.07, 6.45) is 0. The van der Waals surface area contributed by atoms with Crippen LogP contribution in [0.3, 0.4) is 0 Å². The zero-order valence-corrected chi connectivity index (χ0v) is 12.1. The molecule has 0 bridgehead atoms. The van der Waals surface area contributed by atoms with Crippen molar-refractivity contribution in [1.82, 2.24) is 5.32 Å². The van der Waals surface area contributed by atoms with Gasteiger partial charge in [-0.1, -0.05) is 0 Å². The van der Waals surface area contributed by atoms with Crippen molar-refractivity contribution >= 4 is 21.6 Å². The summed E-state index contributed by atoms with van der Waals surface area (Å²) in [6.45, 7) is 1.36. The molecule has 110 valence electrons. The number of nitrogens with one attached hydrogen (secondary N) is 1. The Morgan fingerprint density at radius 1 is 1.35 bits per heavy atom. The lowest BCUT2D eigenvalue weighted by Crippen LogP contribution is -2.40. The molecule has 1 aromatic carbocycles. The van der Waals surface area contributed by atoms with Crippen LogP contribution in [0.15, 0.2) is 18.2 Å². The number of hydrogen-bond acceptors (Lipinski definition) is 5. The largest absolute Gasteiger partial charge is 0.454 e. The van der Waals surface area contributed by atoms with Crippen LogP contribution in [-0.4, -0.2) is 40.5 Å². The Labute approximate surface area is 117 Å². The van der Waals surface area contributed by atoms with Crippen LogP contribution < -0.4 is 19.1 Å². The van der Waals surface area contributed by atoms with E-state index in [1.54, 1.807) is 18.2 Å². The molecule has 0 unspecified atom stereocenters. The van der Waals surface area contributed by atoms with E-state index in [2.05, 4.69) is 5.32 Å². The van der Waals surface area contributed by atoms with Crippen LogP contribution in [0.5, 0.6) is 11.5 Å². The molecule has 1 N–H and O–H groups in total. The first-order valence-corrected chi connectivity index (χ1v) is 7.69. The van der Waals surface area contributed by atoms with Crippen molar-refractivity contribution in [2.24, 2.45) is 0 Å². The van der Waals surface area contributed by atoms with Gasteiger partial charge in [0.15, 0.2) is 11.5 Å². The van der Waals surface area contributed by atoms with Crippen molar-refractivity contribution in [2.45, 2.75) is 6.92 Å². The maximum absolute atomic E-state index is 12.1. The van der Waals surface area contributed by atoms with Crippen LogP contribution in [0.4, 0.5) is 5.69 Å². The molecule has 1 amide bonds. The van der Waals surface area contributed by atoms with Crippen LogP contribution >= 0.6 is 0 Å². The first-order valence-electron chi connectivity index (χ1n) is 6.08. The first kappa shape index (κ1) is 14.4. The second kappa shape index (κ2) is 5.58. The van der Waals surface area contributed by atoms with Gasteiger partial charge in [-0.2, -0.15) is 0 Å². The van der Waals surface area contributed by atoms with E-state index in [0.29, 0.717) is 17.2 Å². The average molecular weight is 300 g/mol. The minimum Gasteiger partial charge on any atom is -0.454 e. The van der Waals surface area contributed by atoms with Crippen molar-refractivity contribution in [2.75, 3.05) is 30.4 Å². The van der Waals surface area contributed by atoms with Crippen molar-refractivity contribution in [3.05, 3.63) is 18.2 Å². The number of anilines is 1. The number of benzene rings is 1. The molecular formula is C12H16N2O5S. The molecule has 0 saturated carbocycles. The number of amides is 1. The van der Waals surface area contributed by atoms with Crippen LogP contribution in [0, 0.1) is 0 Å². The number of carbonyl (C=O) groups excluding carboxylic acids is 1. The molecule has 0 radical (unpaired) electrons. The molecule has 1 aliphatic heterocycles. The van der Waals surface area contributed by atoms with Crippen LogP contribution in [0.2, 0.25) is 0 Å². The van der Waals surface area contributed by atoms with Crippen molar-refractivity contribution in [3.8, 4) is 11.5 Å². The Morgan fingerprint density at radius 3 is 2.70 bits per heavy atom. The molecule has 0 atom stereocenters. The predicted molar refractivity (Wildman–Crippen MR) is 73.4 cm³/mol. The van der Waals surface area contributed by atoms with E-state index in [1.165, 1.54) is 14.0 Å². The summed E-state index contributed by atoms with van der Waals surface area (Å²) >= 11 is 0. The molecule has 1 heterocycles. The Balaban J connectivity index is 2.38. The van der Waals surface area contributed by atoms with E-state index in [-0.39, 0.29) is 25.0 Å². The molecule has 0 spiro atoms. The summed E-state index contributed by atoms with van der Waals surface area (Å²) < 4.78 is 35.7. The SMILES string of the molecule is CCS(=O)(=O)N(CC(=O)NC)c1ccc2c(c1)OCO2. The van der Waals surface area contributed by atoms with Crippen molar-refractivity contribution in [3.63, 3.8) is 0 Å². The smallest absolute Gasteiger partial charge is 0.240 e. The number of nitrogens with zero attached hydrogens (tertiary/aromatic N) is 1. The number of carbonyl (C=O) groups is 1. The predicted octanol–water partition coefficient (Wildman–Crippen LogP) is 0.317. The van der Waals surface area contributed by atoms with Crippen LogP contribution in [-0.2, 0) is 14.8 Å². The van der Waals surface area contributed by atoms with Gasteiger partial charge in [0.2, 0.25) is 22.7 Å². The van der Waals surface area contributed by atoms with E-state index < -0.39 is 10.0 Å². The van der Waals surface area contributed by atoms with Gasteiger partial charge >= 0.3 is 0 Å². The number of hydrogen-bond donors (Lipinski definition) is 1. The molecule has 8 heteroatoms. The molecule has 0 aliphatic carbocycles. The Kier molecular flexibility index (Phi) is 4.03. The molecule has 20 heavy (non-hydrogen) atoms. The van der Waals surface area contributed by atoms with Gasteiger partial charge in [0.25, 0.3) is 0 Å². The van der Waals surface area contributed by atoms with Gasteiger partial charge in [-0.3, -0.25) is 9.10 Å². The van der Waals surface area contributed by atoms with Gasteiger partial charge < -0.3 is 14.8 Å². The highest BCUT2D eigenvalue weighted by Gasteiger charge is 2.25. The zero-order chi connectivity index (χ0) is 14.8. The summed E-state index contributed by atoms with van der Waals surface area (Å²) in [6, 6.07) is 4.77. The summed E-state index contributed by atoms with van der Waals surface area (Å²) in [5.41, 5.74) is 0.375. The third kappa shape index (κ3) is 2.79. The second-order valence-corrected chi connectivity index (χ2v) is 6.30. The van der Waals surface area contributed by atoms with Crippen molar-refractivity contribution < 1.29 is 22.7 Å². The van der Waals surface area contributed by atoms with Gasteiger partial charge in [-0.25, -0.2) is 8.42 Å². The molecule has 7 nitrogen and oxygen atoms in total. The lowest BCUT2D eigenvalue weighted by Gasteiger charge is -2.23. The van der Waals surface area contributed by atoms with E-state index in [4.69, 9.17) is 9.47 Å². The fraction of sp³-hybridized carbons (Fsp3) is 0.417. The third-order valence-corrected chi connectivity index (χ3v) is 4.65. The Morgan fingerprint density at radius 2 is 2.05 bits per heavy atom. The minimum absolute atomic E-state index is 0.0988. The molecule has 0 aromatic heterocycles. The normalized spacial score (nSPS) is 13.1. The quantitative estimate of drug-likeness (QED) is 0.846. The average Bonchev–Trinajstić information content (AvgIpc) is 2.91. The fourth-order valence-corrected chi connectivity index (χ4v) is 2.82. The summed E-state index contributed by atoms with van der Waals surface area (Å²) in [5, 5.41) is 2.41. The van der Waals surface area contributed by atoms with E-state index in [9.17, 15) is 13.2 Å². The van der Waals surface area contributed by atoms with Crippen LogP contribution in [0.1, 0.15) is 6.92 Å². The standard InChI is InChI=1S/C12H16N2O5S/c1-3-20(16,17)14(7-12(15)13-2)9-4-5-10-11(6-9)19-8-18-10/h4-6H,3,7-8H2,1-2H3,(H,13,15). The Hall–Kier alpha value is -1.96. The second-order valence-electron chi connectivity index (χ2n) is 4.12. The van der Waals surface area contributed by atoms with Crippen LogP contribution in [0.25, 0.3) is 0 Å². The number of sulfonamides is 1. The van der Waals surface area contributed by atoms with Gasteiger partial charge in [-0.05, 0) is 19.1 Å². The number of likely N-dealkylation sites (N-methyl/N-ethyl adjacent to an activating group) is 1. The number of fused-ring (bicyclic) bond motifs is 1. The van der Waals surface area contributed by atoms with E-state index in [1.807, 2.05) is 0 Å². The molecule has 1 aliphatic rings.